The van der Waals surface area contributed by atoms with E-state index in [1.54, 1.807) is 0 Å². The summed E-state index contributed by atoms with van der Waals surface area (Å²) >= 11 is 1.26. The van der Waals surface area contributed by atoms with E-state index in [0.29, 0.717) is 0 Å². The van der Waals surface area contributed by atoms with Gasteiger partial charge >= 0.3 is 0 Å². The van der Waals surface area contributed by atoms with Gasteiger partial charge in [0.2, 0.25) is 5.12 Å². The summed E-state index contributed by atoms with van der Waals surface area (Å²) in [6.07, 6.45) is 0. The summed E-state index contributed by atoms with van der Waals surface area (Å²) in [6, 6.07) is 17.3. The van der Waals surface area contributed by atoms with Crippen molar-refractivity contribution in [3.05, 3.63) is 60.2 Å². The summed E-state index contributed by atoms with van der Waals surface area (Å²) < 4.78 is 0. The minimum absolute atomic E-state index is 0.0770. The van der Waals surface area contributed by atoms with Crippen LogP contribution in [0.2, 0.25) is 0 Å². The van der Waals surface area contributed by atoms with Gasteiger partial charge in [-0.25, -0.2) is 0 Å². The Balaban J connectivity index is 2.08. The molecule has 0 atom stereocenters. The molecule has 92 valence electrons. The molecular formula is C15H15NOS. The number of nitrogens with zero attached hydrogens (tertiary/aromatic N) is 1. The van der Waals surface area contributed by atoms with E-state index in [0.717, 1.165) is 16.1 Å². The highest BCUT2D eigenvalue weighted by atomic mass is 32.2. The molecule has 3 heteroatoms. The van der Waals surface area contributed by atoms with Crippen LogP contribution in [0.1, 0.15) is 10.4 Å². The second-order valence-corrected chi connectivity index (χ2v) is 5.19. The standard InChI is InChI=1S/C15H15NOS/c1-16(2)13-8-10-14(11-9-13)18-15(17)12-6-4-3-5-7-12/h3-11H,1-2H3. The lowest BCUT2D eigenvalue weighted by molar-refractivity contribution is 0.108. The third kappa shape index (κ3) is 3.14. The zero-order valence-electron chi connectivity index (χ0n) is 10.5. The van der Waals surface area contributed by atoms with Gasteiger partial charge < -0.3 is 4.90 Å². The minimum atomic E-state index is 0.0770. The molecule has 0 N–H and O–H groups in total. The van der Waals surface area contributed by atoms with Crippen molar-refractivity contribution in [2.75, 3.05) is 19.0 Å². The highest BCUT2D eigenvalue weighted by Crippen LogP contribution is 2.24. The molecule has 0 radical (unpaired) electrons. The van der Waals surface area contributed by atoms with Crippen LogP contribution in [-0.2, 0) is 0 Å². The van der Waals surface area contributed by atoms with Gasteiger partial charge in [0.15, 0.2) is 0 Å². The normalized spacial score (nSPS) is 10.1. The number of carbonyl (C=O) groups is 1. The van der Waals surface area contributed by atoms with Crippen LogP contribution >= 0.6 is 11.8 Å². The maximum atomic E-state index is 12.0. The molecule has 0 aliphatic rings. The van der Waals surface area contributed by atoms with Gasteiger partial charge in [-0.3, -0.25) is 4.79 Å². The van der Waals surface area contributed by atoms with Crippen molar-refractivity contribution in [2.24, 2.45) is 0 Å². The maximum absolute atomic E-state index is 12.0. The van der Waals surface area contributed by atoms with Crippen molar-refractivity contribution in [1.29, 1.82) is 0 Å². The van der Waals surface area contributed by atoms with E-state index in [2.05, 4.69) is 0 Å². The zero-order valence-corrected chi connectivity index (χ0v) is 11.3. The molecule has 0 amide bonds. The molecule has 0 aliphatic heterocycles. The number of anilines is 1. The average molecular weight is 257 g/mol. The molecule has 18 heavy (non-hydrogen) atoms. The Morgan fingerprint density at radius 2 is 1.56 bits per heavy atom. The summed E-state index contributed by atoms with van der Waals surface area (Å²) in [5.41, 5.74) is 1.87. The lowest BCUT2D eigenvalue weighted by Gasteiger charge is -2.12. The van der Waals surface area contributed by atoms with Crippen LogP contribution in [0.5, 0.6) is 0 Å². The number of benzene rings is 2. The maximum Gasteiger partial charge on any atom is 0.224 e. The van der Waals surface area contributed by atoms with E-state index in [4.69, 9.17) is 0 Å². The SMILES string of the molecule is CN(C)c1ccc(SC(=O)c2ccccc2)cc1. The topological polar surface area (TPSA) is 20.3 Å². The van der Waals surface area contributed by atoms with Crippen LogP contribution in [0.3, 0.4) is 0 Å². The molecule has 0 fully saturated rings. The molecule has 0 saturated heterocycles. The van der Waals surface area contributed by atoms with E-state index >= 15 is 0 Å². The third-order valence-electron chi connectivity index (χ3n) is 2.57. The van der Waals surface area contributed by atoms with Crippen LogP contribution in [0.4, 0.5) is 5.69 Å². The first kappa shape index (κ1) is 12.7. The smallest absolute Gasteiger partial charge is 0.224 e. The summed E-state index contributed by atoms with van der Waals surface area (Å²) in [5.74, 6) is 0. The number of hydrogen-bond acceptors (Lipinski definition) is 3. The van der Waals surface area contributed by atoms with Crippen molar-refractivity contribution >= 4 is 22.6 Å². The number of hydrogen-bond donors (Lipinski definition) is 0. The molecule has 0 aromatic heterocycles. The lowest BCUT2D eigenvalue weighted by Crippen LogP contribution is -2.07. The second kappa shape index (κ2) is 5.74. The zero-order chi connectivity index (χ0) is 13.0. The van der Waals surface area contributed by atoms with Gasteiger partial charge in [-0.05, 0) is 36.0 Å². The molecule has 0 aliphatic carbocycles. The Morgan fingerprint density at radius 1 is 0.944 bits per heavy atom. The van der Waals surface area contributed by atoms with Crippen LogP contribution < -0.4 is 4.90 Å². The highest BCUT2D eigenvalue weighted by Gasteiger charge is 2.07. The molecule has 2 rings (SSSR count). The Kier molecular flexibility index (Phi) is 4.05. The molecule has 2 aromatic rings. The van der Waals surface area contributed by atoms with Crippen LogP contribution in [-0.4, -0.2) is 19.2 Å². The monoisotopic (exact) mass is 257 g/mol. The first-order valence-corrected chi connectivity index (χ1v) is 6.53. The molecule has 0 spiro atoms. The fourth-order valence-electron chi connectivity index (χ4n) is 1.55. The Morgan fingerprint density at radius 3 is 2.11 bits per heavy atom. The summed E-state index contributed by atoms with van der Waals surface area (Å²) in [4.78, 5) is 15.0. The van der Waals surface area contributed by atoms with Gasteiger partial charge in [0.1, 0.15) is 0 Å². The first-order chi connectivity index (χ1) is 8.66. The van der Waals surface area contributed by atoms with Crippen LogP contribution in [0, 0.1) is 0 Å². The summed E-state index contributed by atoms with van der Waals surface area (Å²) in [6.45, 7) is 0. The highest BCUT2D eigenvalue weighted by molar-refractivity contribution is 8.14. The van der Waals surface area contributed by atoms with Crippen molar-refractivity contribution < 1.29 is 4.79 Å². The van der Waals surface area contributed by atoms with Crippen molar-refractivity contribution in [1.82, 2.24) is 0 Å². The lowest BCUT2D eigenvalue weighted by atomic mass is 10.2. The molecular weight excluding hydrogens is 242 g/mol. The predicted octanol–water partition coefficient (Wildman–Crippen LogP) is 3.69. The number of carbonyl (C=O) groups excluding carboxylic acids is 1. The molecule has 0 heterocycles. The second-order valence-electron chi connectivity index (χ2n) is 4.14. The van der Waals surface area contributed by atoms with E-state index in [-0.39, 0.29) is 5.12 Å². The van der Waals surface area contributed by atoms with E-state index in [9.17, 15) is 4.79 Å². The summed E-state index contributed by atoms with van der Waals surface area (Å²) in [5, 5.41) is 0.0770. The quantitative estimate of drug-likeness (QED) is 0.782. The van der Waals surface area contributed by atoms with Gasteiger partial charge in [-0.2, -0.15) is 0 Å². The molecule has 0 unspecified atom stereocenters. The van der Waals surface area contributed by atoms with Gasteiger partial charge in [0.05, 0.1) is 0 Å². The van der Waals surface area contributed by atoms with Crippen molar-refractivity contribution in [2.45, 2.75) is 4.90 Å². The molecule has 2 aromatic carbocycles. The van der Waals surface area contributed by atoms with Crippen LogP contribution in [0.25, 0.3) is 0 Å². The summed E-state index contributed by atoms with van der Waals surface area (Å²) in [7, 11) is 3.99. The van der Waals surface area contributed by atoms with Crippen molar-refractivity contribution in [3.63, 3.8) is 0 Å². The molecule has 2 nitrogen and oxygen atoms in total. The van der Waals surface area contributed by atoms with Crippen molar-refractivity contribution in [3.8, 4) is 0 Å². The Labute approximate surface area is 112 Å². The molecule has 0 bridgehead atoms. The van der Waals surface area contributed by atoms with Gasteiger partial charge in [0, 0.05) is 30.2 Å². The fraction of sp³-hybridized carbons (Fsp3) is 0.133. The average Bonchev–Trinajstić information content (AvgIpc) is 2.40. The fourth-order valence-corrected chi connectivity index (χ4v) is 2.29. The largest absolute Gasteiger partial charge is 0.378 e. The Bertz CT molecular complexity index is 520. The van der Waals surface area contributed by atoms with Gasteiger partial charge in [-0.15, -0.1) is 0 Å². The third-order valence-corrected chi connectivity index (χ3v) is 3.50. The Hall–Kier alpha value is -1.74. The van der Waals surface area contributed by atoms with Gasteiger partial charge in [-0.1, -0.05) is 30.3 Å². The number of rotatable bonds is 3. The van der Waals surface area contributed by atoms with Crippen LogP contribution in [0.15, 0.2) is 59.5 Å². The molecule has 0 saturated carbocycles. The minimum Gasteiger partial charge on any atom is -0.378 e. The van der Waals surface area contributed by atoms with E-state index in [1.807, 2.05) is 73.6 Å². The van der Waals surface area contributed by atoms with Gasteiger partial charge in [0.25, 0.3) is 0 Å². The number of thioether (sulfide) groups is 1. The van der Waals surface area contributed by atoms with E-state index in [1.165, 1.54) is 11.8 Å². The predicted molar refractivity (Wildman–Crippen MR) is 77.4 cm³/mol. The van der Waals surface area contributed by atoms with E-state index < -0.39 is 0 Å². The first-order valence-electron chi connectivity index (χ1n) is 5.71.